The molecule has 4 heterocycles. The lowest BCUT2D eigenvalue weighted by atomic mass is 10.0. The van der Waals surface area contributed by atoms with Gasteiger partial charge in [-0.2, -0.15) is 0 Å². The van der Waals surface area contributed by atoms with Gasteiger partial charge in [0, 0.05) is 126 Å². The fraction of sp³-hybridized carbons (Fsp3) is 0.514. The maximum Gasteiger partial charge on any atom is 0.333 e. The molecule has 4 aromatic carbocycles. The van der Waals surface area contributed by atoms with Crippen LogP contribution in [0.4, 0.5) is 16.2 Å². The van der Waals surface area contributed by atoms with Crippen LogP contribution >= 0.6 is 0 Å². The molecule has 2 saturated heterocycles. The van der Waals surface area contributed by atoms with Gasteiger partial charge < -0.3 is 72.4 Å². The van der Waals surface area contributed by atoms with Crippen LogP contribution in [0.3, 0.4) is 0 Å². The molecule has 4 aromatic rings. The average Bonchev–Trinajstić information content (AvgIpc) is 1.60. The van der Waals surface area contributed by atoms with E-state index in [4.69, 9.17) is 34.3 Å². The Hall–Kier alpha value is -8.03. The lowest BCUT2D eigenvalue weighted by Gasteiger charge is -2.26. The second-order valence-corrected chi connectivity index (χ2v) is 22.3. The minimum atomic E-state index is -0.749. The van der Waals surface area contributed by atoms with E-state index < -0.39 is 17.8 Å². The minimum absolute atomic E-state index is 0. The molecule has 7 amide bonds. The van der Waals surface area contributed by atoms with Crippen molar-refractivity contribution in [1.29, 1.82) is 0 Å². The van der Waals surface area contributed by atoms with E-state index in [9.17, 15) is 38.4 Å². The van der Waals surface area contributed by atoms with Crippen molar-refractivity contribution in [2.45, 2.75) is 138 Å². The number of para-hydroxylation sites is 2. The predicted octanol–water partition coefficient (Wildman–Crippen LogP) is 5.56. The molecule has 4 aliphatic heterocycles. The molecule has 0 atom stereocenters. The Kier molecular flexibility index (Phi) is 43.9. The number of rotatable bonds is 33. The van der Waals surface area contributed by atoms with Crippen molar-refractivity contribution in [3.05, 3.63) is 130 Å². The third kappa shape index (κ3) is 33.7. The van der Waals surface area contributed by atoms with E-state index in [1.165, 1.54) is 32.5 Å². The number of urea groups is 1. The molecule has 0 saturated carbocycles. The highest BCUT2D eigenvalue weighted by atomic mass is 35.5. The van der Waals surface area contributed by atoms with Crippen LogP contribution in [0.5, 0.6) is 0 Å². The van der Waals surface area contributed by atoms with Crippen molar-refractivity contribution in [1.82, 2.24) is 25.9 Å². The number of nitrogens with one attached hydrogen (secondary N) is 3. The van der Waals surface area contributed by atoms with Crippen molar-refractivity contribution < 1.29 is 79.3 Å². The lowest BCUT2D eigenvalue weighted by Crippen LogP contribution is -3.00. The molecule has 4 aliphatic rings. The first-order chi connectivity index (χ1) is 46.8. The second-order valence-electron chi connectivity index (χ2n) is 22.3. The molecule has 530 valence electrons. The first-order valence-corrected chi connectivity index (χ1v) is 33.9. The van der Waals surface area contributed by atoms with Gasteiger partial charge in [-0.3, -0.25) is 33.7 Å². The van der Waals surface area contributed by atoms with Crippen molar-refractivity contribution in [2.75, 3.05) is 122 Å². The second kappa shape index (κ2) is 51.2. The predicted molar refractivity (Wildman–Crippen MR) is 370 cm³/mol. The molecule has 8 rings (SSSR count). The van der Waals surface area contributed by atoms with Crippen LogP contribution in [-0.4, -0.2) is 169 Å². The zero-order valence-corrected chi connectivity index (χ0v) is 58.3. The highest BCUT2D eigenvalue weighted by molar-refractivity contribution is 6.01. The van der Waals surface area contributed by atoms with Gasteiger partial charge in [0.2, 0.25) is 17.7 Å². The van der Waals surface area contributed by atoms with E-state index in [-0.39, 0.29) is 106 Å². The van der Waals surface area contributed by atoms with Crippen molar-refractivity contribution >= 4 is 58.7 Å². The Bertz CT molecular complexity index is 3120. The number of imide groups is 1. The molecule has 97 heavy (non-hydrogen) atoms. The summed E-state index contributed by atoms with van der Waals surface area (Å²) in [5.74, 6) is 10.3. The van der Waals surface area contributed by atoms with Crippen molar-refractivity contribution in [3.63, 3.8) is 0 Å². The van der Waals surface area contributed by atoms with Crippen LogP contribution in [0, 0.1) is 23.7 Å². The van der Waals surface area contributed by atoms with Crippen LogP contribution in [0.1, 0.15) is 158 Å². The van der Waals surface area contributed by atoms with Crippen LogP contribution < -0.4 is 43.9 Å². The molecule has 0 aliphatic carbocycles. The largest absolute Gasteiger partial charge is 1.00 e. The third-order valence-corrected chi connectivity index (χ3v) is 14.9. The molecule has 0 unspecified atom stereocenters. The average molecular weight is 1360 g/mol. The quantitative estimate of drug-likeness (QED) is 0.0258. The molecular weight excluding hydrogens is 1260 g/mol. The summed E-state index contributed by atoms with van der Waals surface area (Å²) in [7, 11) is 0. The summed E-state index contributed by atoms with van der Waals surface area (Å²) < 4.78 is 25.9. The van der Waals surface area contributed by atoms with Gasteiger partial charge in [0.15, 0.2) is 0 Å². The number of carbonyl (C=O) groups excluding carboxylic acids is 8. The van der Waals surface area contributed by atoms with Crippen LogP contribution in [0.25, 0.3) is 0 Å². The smallest absolute Gasteiger partial charge is 0.333 e. The first kappa shape index (κ1) is 83.2. The molecule has 2 fully saturated rings. The van der Waals surface area contributed by atoms with E-state index >= 15 is 0 Å². The lowest BCUT2D eigenvalue weighted by molar-refractivity contribution is -0.197. The molecule has 0 spiro atoms. The molecule has 0 radical (unpaired) electrons. The molecular formula is C74H102ClN8O14-. The van der Waals surface area contributed by atoms with E-state index in [2.05, 4.69) is 79.2 Å². The van der Waals surface area contributed by atoms with Gasteiger partial charge in [-0.15, -0.1) is 5.06 Å². The number of nitrogens with two attached hydrogens (primary N) is 1. The Morgan fingerprint density at radius 1 is 0.505 bits per heavy atom. The van der Waals surface area contributed by atoms with Gasteiger partial charge in [-0.05, 0) is 106 Å². The van der Waals surface area contributed by atoms with E-state index in [1.807, 2.05) is 97.1 Å². The summed E-state index contributed by atoms with van der Waals surface area (Å²) in [6.07, 6.45) is 6.12. The van der Waals surface area contributed by atoms with E-state index in [1.54, 1.807) is 9.80 Å². The maximum absolute atomic E-state index is 13.1. The number of anilines is 2. The number of nitrogens with zero attached hydrogens (tertiary/aromatic N) is 4. The summed E-state index contributed by atoms with van der Waals surface area (Å²) in [6, 6.07) is 30.2. The SMILES string of the molecule is C1CCOC1.CCCOCCOCCN.CCCOCCOCCNC(=O)CCCC(=O)CCNC(=O)N1Cc2ccccc2C#Cc2ccccc21.CCN(CC)CC.O=C(CCCC(=O)ON1C(=O)CCC1=O)NCCC(=O)N1Cc2ccccc2C#Cc2ccccc21.[Cl-]. The third-order valence-electron chi connectivity index (χ3n) is 14.9. The molecule has 5 N–H and O–H groups in total. The summed E-state index contributed by atoms with van der Waals surface area (Å²) in [6.45, 7) is 23.4. The number of fused-ring (bicyclic) bond motifs is 4. The summed E-state index contributed by atoms with van der Waals surface area (Å²) in [4.78, 5) is 108. The van der Waals surface area contributed by atoms with Gasteiger partial charge in [-0.1, -0.05) is 119 Å². The Labute approximate surface area is 580 Å². The summed E-state index contributed by atoms with van der Waals surface area (Å²) in [5.41, 5.74) is 11.9. The van der Waals surface area contributed by atoms with Crippen molar-refractivity contribution in [2.24, 2.45) is 5.73 Å². The van der Waals surface area contributed by atoms with Crippen LogP contribution in [-0.2, 0) is 75.2 Å². The number of Topliss-reactive ketones (excluding diaryl/α,β-unsaturated/α-hetero) is 1. The van der Waals surface area contributed by atoms with Gasteiger partial charge in [0.05, 0.1) is 64.1 Å². The highest BCUT2D eigenvalue weighted by Gasteiger charge is 2.33. The van der Waals surface area contributed by atoms with Crippen molar-refractivity contribution in [3.8, 4) is 23.7 Å². The van der Waals surface area contributed by atoms with E-state index in [0.717, 1.165) is 84.0 Å². The van der Waals surface area contributed by atoms with Gasteiger partial charge in [0.25, 0.3) is 11.8 Å². The number of benzene rings is 4. The number of ether oxygens (including phenoxy) is 5. The molecule has 22 nitrogen and oxygen atoms in total. The number of hydroxylamine groups is 2. The maximum atomic E-state index is 13.1. The monoisotopic (exact) mass is 1360 g/mol. The Morgan fingerprint density at radius 2 is 0.948 bits per heavy atom. The number of amides is 7. The summed E-state index contributed by atoms with van der Waals surface area (Å²) >= 11 is 0. The first-order valence-electron chi connectivity index (χ1n) is 33.9. The molecule has 0 bridgehead atoms. The minimum Gasteiger partial charge on any atom is -1.00 e. The number of halogens is 1. The Morgan fingerprint density at radius 3 is 1.44 bits per heavy atom. The van der Waals surface area contributed by atoms with Gasteiger partial charge in [-0.25, -0.2) is 9.59 Å². The topological polar surface area (TPSA) is 267 Å². The number of hydrogen-bond acceptors (Lipinski definition) is 16. The van der Waals surface area contributed by atoms with Crippen LogP contribution in [0.15, 0.2) is 97.1 Å². The summed E-state index contributed by atoms with van der Waals surface area (Å²) in [5, 5.41) is 8.85. The standard InChI is InChI=1S/C30H37N3O5.C27H25N3O6.C7H17NO2.C6H15N.C4H8O.ClH/c1-2-19-37-21-22-38-20-18-31-29(35)13-7-11-27(34)16-17-32-30(36)33-23-26-10-4-3-8-24(26)14-15-25-9-5-6-12-28(25)33;31-23(10-5-11-27(35)36-30-25(33)14-15-26(30)34)28-17-16-24(32)29-18-21-8-2-1-6-19(21)12-13-20-7-3-4-9-22(20)29;1-2-4-9-6-7-10-5-3-8;1-4-7(5-2)6-3;1-2-4-5-3-1;/h3-6,8-10,12H,2,7,11,13,16-23H2,1H3,(H,31,35)(H,32,36);1-4,6-9H,5,10-11,14-18H2,(H,28,31);2-8H2,1H3;4-6H2,1-3H3;1-4H2;1H/p-1. The fourth-order valence-corrected chi connectivity index (χ4v) is 9.63. The highest BCUT2D eigenvalue weighted by Crippen LogP contribution is 2.27. The Balaban J connectivity index is 0.000000382. The number of hydrogen-bond donors (Lipinski definition) is 4. The number of carbonyl (C=O) groups is 8. The zero-order valence-electron chi connectivity index (χ0n) is 57.5. The normalized spacial score (nSPS) is 12.9. The molecule has 0 aromatic heterocycles. The van der Waals surface area contributed by atoms with Gasteiger partial charge >= 0.3 is 12.0 Å². The zero-order chi connectivity index (χ0) is 69.4. The molecule has 23 heteroatoms. The van der Waals surface area contributed by atoms with Crippen LogP contribution in [0.2, 0.25) is 0 Å². The number of ketones is 1. The van der Waals surface area contributed by atoms with E-state index in [0.29, 0.717) is 83.7 Å². The van der Waals surface area contributed by atoms with Gasteiger partial charge in [0.1, 0.15) is 5.78 Å². The fourth-order valence-electron chi connectivity index (χ4n) is 9.63.